The van der Waals surface area contributed by atoms with Gasteiger partial charge in [0.1, 0.15) is 12.2 Å². The lowest BCUT2D eigenvalue weighted by atomic mass is 9.94. The van der Waals surface area contributed by atoms with E-state index < -0.39 is 10.2 Å². The fourth-order valence-corrected chi connectivity index (χ4v) is 3.13. The molecule has 0 unspecified atom stereocenters. The van der Waals surface area contributed by atoms with Gasteiger partial charge in [-0.25, -0.2) is 9.97 Å². The van der Waals surface area contributed by atoms with Crippen LogP contribution in [0.15, 0.2) is 12.4 Å². The van der Waals surface area contributed by atoms with Crippen molar-refractivity contribution in [1.29, 1.82) is 5.26 Å². The minimum atomic E-state index is -3.41. The molecule has 2 rings (SSSR count). The summed E-state index contributed by atoms with van der Waals surface area (Å²) in [6.07, 6.45) is 5.60. The Morgan fingerprint density at radius 1 is 1.27 bits per heavy atom. The van der Waals surface area contributed by atoms with Crippen LogP contribution in [-0.2, 0) is 10.2 Å². The second-order valence-electron chi connectivity index (χ2n) is 5.32. The highest BCUT2D eigenvalue weighted by Crippen LogP contribution is 2.24. The average molecular weight is 325 g/mol. The molecule has 22 heavy (non-hydrogen) atoms. The molecule has 1 aromatic rings. The summed E-state index contributed by atoms with van der Waals surface area (Å²) in [4.78, 5) is 7.92. The van der Waals surface area contributed by atoms with Crippen LogP contribution in [0.3, 0.4) is 0 Å². The van der Waals surface area contributed by atoms with Crippen molar-refractivity contribution >= 4 is 10.2 Å². The zero-order chi connectivity index (χ0) is 16.2. The van der Waals surface area contributed by atoms with Gasteiger partial charge in [-0.15, -0.1) is 0 Å². The maximum Gasteiger partial charge on any atom is 0.279 e. The molecule has 0 amide bonds. The molecule has 1 heterocycles. The summed E-state index contributed by atoms with van der Waals surface area (Å²) in [5, 5.41) is 8.96. The van der Waals surface area contributed by atoms with Gasteiger partial charge in [-0.2, -0.15) is 22.7 Å². The predicted octanol–water partition coefficient (Wildman–Crippen LogP) is 0.434. The van der Waals surface area contributed by atoms with Crippen molar-refractivity contribution in [1.82, 2.24) is 19.0 Å². The van der Waals surface area contributed by atoms with Gasteiger partial charge < -0.3 is 4.74 Å². The van der Waals surface area contributed by atoms with Crippen molar-refractivity contribution in [2.45, 2.75) is 37.8 Å². The summed E-state index contributed by atoms with van der Waals surface area (Å²) in [7, 11) is -0.419. The third-order valence-corrected chi connectivity index (χ3v) is 5.11. The Kier molecular flexibility index (Phi) is 5.28. The van der Waals surface area contributed by atoms with E-state index in [1.54, 1.807) is 0 Å². The second-order valence-corrected chi connectivity index (χ2v) is 7.23. The van der Waals surface area contributed by atoms with Crippen molar-refractivity contribution in [3.63, 3.8) is 0 Å². The number of rotatable bonds is 5. The molecule has 1 saturated carbocycles. The van der Waals surface area contributed by atoms with Crippen molar-refractivity contribution < 1.29 is 13.2 Å². The second kappa shape index (κ2) is 7.00. The minimum Gasteiger partial charge on any atom is -0.472 e. The molecule has 0 saturated heterocycles. The molecular formula is C13H19N5O3S. The number of hydrogen-bond acceptors (Lipinski definition) is 6. The van der Waals surface area contributed by atoms with Crippen LogP contribution in [0, 0.1) is 11.3 Å². The van der Waals surface area contributed by atoms with Crippen molar-refractivity contribution in [2.75, 3.05) is 14.1 Å². The van der Waals surface area contributed by atoms with E-state index in [2.05, 4.69) is 14.7 Å². The SMILES string of the molecule is CN(C)S(=O)(=O)NC1CCC(Oc2nccnc2C#N)CC1. The van der Waals surface area contributed by atoms with E-state index in [1.165, 1.54) is 26.5 Å². The summed E-state index contributed by atoms with van der Waals surface area (Å²) < 4.78 is 33.1. The Hall–Kier alpha value is -1.76. The van der Waals surface area contributed by atoms with Crippen LogP contribution >= 0.6 is 0 Å². The lowest BCUT2D eigenvalue weighted by Crippen LogP contribution is -2.44. The van der Waals surface area contributed by atoms with Gasteiger partial charge in [0.05, 0.1) is 0 Å². The molecule has 1 aliphatic rings. The molecular weight excluding hydrogens is 306 g/mol. The minimum absolute atomic E-state index is 0.0797. The normalized spacial score (nSPS) is 22.3. The zero-order valence-corrected chi connectivity index (χ0v) is 13.4. The van der Waals surface area contributed by atoms with Crippen LogP contribution in [0.2, 0.25) is 0 Å². The predicted molar refractivity (Wildman–Crippen MR) is 79.2 cm³/mol. The summed E-state index contributed by atoms with van der Waals surface area (Å²) in [6.45, 7) is 0. The van der Waals surface area contributed by atoms with Gasteiger partial charge in [0, 0.05) is 32.5 Å². The van der Waals surface area contributed by atoms with Gasteiger partial charge in [0.2, 0.25) is 5.69 Å². The Balaban J connectivity index is 1.89. The first-order valence-corrected chi connectivity index (χ1v) is 8.44. The number of nitrogens with one attached hydrogen (secondary N) is 1. The van der Waals surface area contributed by atoms with E-state index in [0.29, 0.717) is 25.7 Å². The maximum absolute atomic E-state index is 11.8. The van der Waals surface area contributed by atoms with Gasteiger partial charge in [-0.3, -0.25) is 0 Å². The van der Waals surface area contributed by atoms with E-state index in [9.17, 15) is 8.42 Å². The smallest absolute Gasteiger partial charge is 0.279 e. The first kappa shape index (κ1) is 16.6. The molecule has 1 N–H and O–H groups in total. The molecule has 120 valence electrons. The summed E-state index contributed by atoms with van der Waals surface area (Å²) in [6, 6.07) is 1.85. The monoisotopic (exact) mass is 325 g/mol. The third kappa shape index (κ3) is 4.13. The molecule has 0 spiro atoms. The number of nitrogens with zero attached hydrogens (tertiary/aromatic N) is 4. The van der Waals surface area contributed by atoms with E-state index in [4.69, 9.17) is 10.00 Å². The highest BCUT2D eigenvalue weighted by Gasteiger charge is 2.27. The average Bonchev–Trinajstić information content (AvgIpc) is 2.49. The third-order valence-electron chi connectivity index (χ3n) is 3.52. The number of aromatic nitrogens is 2. The standard InChI is InChI=1S/C13H19N5O3S/c1-18(2)22(19,20)17-10-3-5-11(6-4-10)21-13-12(9-14)15-7-8-16-13/h7-8,10-11,17H,3-6H2,1-2H3. The van der Waals surface area contributed by atoms with Gasteiger partial charge >= 0.3 is 0 Å². The fourth-order valence-electron chi connectivity index (χ4n) is 2.26. The lowest BCUT2D eigenvalue weighted by Gasteiger charge is -2.29. The molecule has 1 fully saturated rings. The molecule has 0 aromatic carbocycles. The van der Waals surface area contributed by atoms with Crippen molar-refractivity contribution in [2.24, 2.45) is 0 Å². The van der Waals surface area contributed by atoms with Crippen molar-refractivity contribution in [3.8, 4) is 11.9 Å². The number of hydrogen-bond donors (Lipinski definition) is 1. The van der Waals surface area contributed by atoms with E-state index in [0.717, 1.165) is 4.31 Å². The van der Waals surface area contributed by atoms with Gasteiger partial charge in [0.15, 0.2) is 0 Å². The molecule has 0 aliphatic heterocycles. The van der Waals surface area contributed by atoms with E-state index in [1.807, 2.05) is 6.07 Å². The Labute approximate surface area is 130 Å². The van der Waals surface area contributed by atoms with Gasteiger partial charge in [-0.1, -0.05) is 0 Å². The first-order valence-electron chi connectivity index (χ1n) is 7.00. The Morgan fingerprint density at radius 2 is 1.91 bits per heavy atom. The quantitative estimate of drug-likeness (QED) is 0.841. The molecule has 9 heteroatoms. The molecule has 8 nitrogen and oxygen atoms in total. The van der Waals surface area contributed by atoms with Crippen LogP contribution in [0.25, 0.3) is 0 Å². The molecule has 1 aliphatic carbocycles. The lowest BCUT2D eigenvalue weighted by molar-refractivity contribution is 0.137. The summed E-state index contributed by atoms with van der Waals surface area (Å²) in [5.74, 6) is 0.238. The molecule has 0 bridgehead atoms. The van der Waals surface area contributed by atoms with E-state index >= 15 is 0 Å². The van der Waals surface area contributed by atoms with Crippen molar-refractivity contribution in [3.05, 3.63) is 18.1 Å². The highest BCUT2D eigenvalue weighted by atomic mass is 32.2. The summed E-state index contributed by atoms with van der Waals surface area (Å²) in [5.41, 5.74) is 0.165. The molecule has 0 atom stereocenters. The summed E-state index contributed by atoms with van der Waals surface area (Å²) >= 11 is 0. The first-order chi connectivity index (χ1) is 10.4. The zero-order valence-electron chi connectivity index (χ0n) is 12.6. The van der Waals surface area contributed by atoms with Gasteiger partial charge in [0.25, 0.3) is 16.1 Å². The van der Waals surface area contributed by atoms with Crippen LogP contribution in [0.5, 0.6) is 5.88 Å². The number of nitriles is 1. The molecule has 0 radical (unpaired) electrons. The van der Waals surface area contributed by atoms with Gasteiger partial charge in [-0.05, 0) is 25.7 Å². The molecule has 1 aromatic heterocycles. The van der Waals surface area contributed by atoms with E-state index in [-0.39, 0.29) is 23.7 Å². The highest BCUT2D eigenvalue weighted by molar-refractivity contribution is 7.87. The van der Waals surface area contributed by atoms with Crippen LogP contribution in [0.1, 0.15) is 31.4 Å². The topological polar surface area (TPSA) is 108 Å². The van der Waals surface area contributed by atoms with Crippen LogP contribution in [0.4, 0.5) is 0 Å². The fraction of sp³-hybridized carbons (Fsp3) is 0.615. The largest absolute Gasteiger partial charge is 0.472 e. The maximum atomic E-state index is 11.8. The van der Waals surface area contributed by atoms with Crippen LogP contribution in [-0.4, -0.2) is 48.9 Å². The Bertz CT molecular complexity index is 648. The Morgan fingerprint density at radius 3 is 2.50 bits per heavy atom. The number of ether oxygens (including phenoxy) is 1. The van der Waals surface area contributed by atoms with Crippen LogP contribution < -0.4 is 9.46 Å².